The van der Waals surface area contributed by atoms with Crippen molar-refractivity contribution in [2.24, 2.45) is 0 Å². The molecule has 126 valence electrons. The van der Waals surface area contributed by atoms with E-state index in [1.54, 1.807) is 0 Å². The van der Waals surface area contributed by atoms with Gasteiger partial charge in [-0.2, -0.15) is 0 Å². The summed E-state index contributed by atoms with van der Waals surface area (Å²) in [6.07, 6.45) is -0.130. The molecule has 6 heteroatoms. The van der Waals surface area contributed by atoms with E-state index in [9.17, 15) is 9.59 Å². The van der Waals surface area contributed by atoms with Crippen LogP contribution in [0.5, 0.6) is 0 Å². The number of rotatable bonds is 7. The number of carbonyl (C=O) groups is 2. The molecule has 6 nitrogen and oxygen atoms in total. The maximum Gasteiger partial charge on any atom is 0.229 e. The van der Waals surface area contributed by atoms with Crippen molar-refractivity contribution in [2.75, 3.05) is 39.4 Å². The molecule has 0 unspecified atom stereocenters. The van der Waals surface area contributed by atoms with E-state index in [0.717, 1.165) is 44.0 Å². The minimum absolute atomic E-state index is 0.130. The van der Waals surface area contributed by atoms with Crippen molar-refractivity contribution >= 4 is 11.8 Å². The second-order valence-corrected chi connectivity index (χ2v) is 5.75. The molecule has 0 aliphatic carbocycles. The molecular weight excluding hydrogens is 294 g/mol. The molecule has 0 spiro atoms. The zero-order valence-electron chi connectivity index (χ0n) is 13.6. The summed E-state index contributed by atoms with van der Waals surface area (Å²) in [5.74, 6) is -0.490. The number of carbonyl (C=O) groups excluding carboxylic acids is 2. The Morgan fingerprint density at radius 1 is 1.17 bits per heavy atom. The first kappa shape index (κ1) is 17.4. The molecule has 0 saturated carbocycles. The van der Waals surface area contributed by atoms with Crippen molar-refractivity contribution in [3.05, 3.63) is 35.4 Å². The quantitative estimate of drug-likeness (QED) is 0.716. The number of hydrogen-bond acceptors (Lipinski definition) is 4. The van der Waals surface area contributed by atoms with Crippen molar-refractivity contribution in [1.29, 1.82) is 0 Å². The summed E-state index contributed by atoms with van der Waals surface area (Å²) in [5, 5.41) is 5.56. The summed E-state index contributed by atoms with van der Waals surface area (Å²) in [6, 6.07) is 7.93. The van der Waals surface area contributed by atoms with E-state index in [1.165, 1.54) is 0 Å². The molecule has 2 amide bonds. The van der Waals surface area contributed by atoms with Crippen molar-refractivity contribution in [2.45, 2.75) is 19.9 Å². The molecule has 1 aliphatic heterocycles. The summed E-state index contributed by atoms with van der Waals surface area (Å²) in [6.45, 7) is 7.09. The van der Waals surface area contributed by atoms with Gasteiger partial charge >= 0.3 is 0 Å². The molecular formula is C17H25N3O3. The topological polar surface area (TPSA) is 70.7 Å². The summed E-state index contributed by atoms with van der Waals surface area (Å²) in [4.78, 5) is 25.8. The smallest absolute Gasteiger partial charge is 0.229 e. The minimum atomic E-state index is -0.254. The number of benzene rings is 1. The Balaban J connectivity index is 1.59. The molecule has 0 bridgehead atoms. The van der Waals surface area contributed by atoms with Crippen molar-refractivity contribution in [1.82, 2.24) is 15.5 Å². The van der Waals surface area contributed by atoms with Crippen LogP contribution in [0.15, 0.2) is 24.3 Å². The van der Waals surface area contributed by atoms with E-state index >= 15 is 0 Å². The lowest BCUT2D eigenvalue weighted by atomic mass is 10.1. The monoisotopic (exact) mass is 319 g/mol. The average molecular weight is 319 g/mol. The molecule has 1 saturated heterocycles. The van der Waals surface area contributed by atoms with Crippen molar-refractivity contribution in [3.63, 3.8) is 0 Å². The molecule has 0 radical (unpaired) electrons. The van der Waals surface area contributed by atoms with E-state index in [2.05, 4.69) is 15.5 Å². The van der Waals surface area contributed by atoms with Gasteiger partial charge in [0.2, 0.25) is 11.8 Å². The maximum atomic E-state index is 11.8. The van der Waals surface area contributed by atoms with Crippen LogP contribution in [-0.2, 0) is 20.9 Å². The van der Waals surface area contributed by atoms with Gasteiger partial charge in [0.25, 0.3) is 0 Å². The van der Waals surface area contributed by atoms with Crippen LogP contribution >= 0.6 is 0 Å². The van der Waals surface area contributed by atoms with Crippen LogP contribution in [0.2, 0.25) is 0 Å². The predicted octanol–water partition coefficient (Wildman–Crippen LogP) is 0.450. The van der Waals surface area contributed by atoms with Crippen LogP contribution in [0, 0.1) is 6.92 Å². The first-order chi connectivity index (χ1) is 11.1. The fourth-order valence-corrected chi connectivity index (χ4v) is 2.47. The highest BCUT2D eigenvalue weighted by atomic mass is 16.5. The lowest BCUT2D eigenvalue weighted by Gasteiger charge is -2.26. The Morgan fingerprint density at radius 3 is 2.65 bits per heavy atom. The Kier molecular flexibility index (Phi) is 7.03. The standard InChI is InChI=1S/C17H25N3O3/c1-14-3-2-4-15(11-14)13-19-17(22)12-16(21)18-5-6-20-7-9-23-10-8-20/h2-4,11H,5-10,12-13H2,1H3,(H,18,21)(H,19,22). The highest BCUT2D eigenvalue weighted by Crippen LogP contribution is 2.03. The third-order valence-electron chi connectivity index (χ3n) is 3.75. The summed E-state index contributed by atoms with van der Waals surface area (Å²) >= 11 is 0. The van der Waals surface area contributed by atoms with Gasteiger partial charge in [0, 0.05) is 32.7 Å². The van der Waals surface area contributed by atoms with Gasteiger partial charge < -0.3 is 15.4 Å². The normalized spacial score (nSPS) is 15.2. The zero-order valence-corrected chi connectivity index (χ0v) is 13.6. The van der Waals surface area contributed by atoms with Crippen LogP contribution in [0.25, 0.3) is 0 Å². The average Bonchev–Trinajstić information content (AvgIpc) is 2.54. The van der Waals surface area contributed by atoms with Gasteiger partial charge in [-0.25, -0.2) is 0 Å². The van der Waals surface area contributed by atoms with E-state index in [1.807, 2.05) is 31.2 Å². The maximum absolute atomic E-state index is 11.8. The zero-order chi connectivity index (χ0) is 16.5. The van der Waals surface area contributed by atoms with Gasteiger partial charge in [-0.15, -0.1) is 0 Å². The Labute approximate surface area is 137 Å². The molecule has 1 aromatic carbocycles. The van der Waals surface area contributed by atoms with Gasteiger partial charge in [-0.1, -0.05) is 29.8 Å². The molecule has 1 aliphatic rings. The molecule has 23 heavy (non-hydrogen) atoms. The Hall–Kier alpha value is -1.92. The fraction of sp³-hybridized carbons (Fsp3) is 0.529. The molecule has 0 aromatic heterocycles. The van der Waals surface area contributed by atoms with Crippen LogP contribution in [0.3, 0.4) is 0 Å². The van der Waals surface area contributed by atoms with Gasteiger partial charge in [-0.05, 0) is 12.5 Å². The largest absolute Gasteiger partial charge is 0.379 e. The van der Waals surface area contributed by atoms with Gasteiger partial charge in [-0.3, -0.25) is 14.5 Å². The lowest BCUT2D eigenvalue weighted by Crippen LogP contribution is -2.42. The van der Waals surface area contributed by atoms with E-state index in [0.29, 0.717) is 13.1 Å². The molecule has 1 fully saturated rings. The summed E-state index contributed by atoms with van der Waals surface area (Å²) in [7, 11) is 0. The van der Waals surface area contributed by atoms with E-state index < -0.39 is 0 Å². The first-order valence-electron chi connectivity index (χ1n) is 8.02. The number of nitrogens with one attached hydrogen (secondary N) is 2. The number of aryl methyl sites for hydroxylation is 1. The first-order valence-corrected chi connectivity index (χ1v) is 8.02. The van der Waals surface area contributed by atoms with Gasteiger partial charge in [0.05, 0.1) is 13.2 Å². The van der Waals surface area contributed by atoms with Crippen LogP contribution in [-0.4, -0.2) is 56.1 Å². The Bertz CT molecular complexity index is 528. The van der Waals surface area contributed by atoms with E-state index in [4.69, 9.17) is 4.74 Å². The number of nitrogens with zero attached hydrogens (tertiary/aromatic N) is 1. The molecule has 1 aromatic rings. The van der Waals surface area contributed by atoms with Crippen molar-refractivity contribution in [3.8, 4) is 0 Å². The van der Waals surface area contributed by atoms with E-state index in [-0.39, 0.29) is 18.2 Å². The van der Waals surface area contributed by atoms with Gasteiger partial charge in [0.1, 0.15) is 6.42 Å². The van der Waals surface area contributed by atoms with Crippen LogP contribution in [0.1, 0.15) is 17.5 Å². The SMILES string of the molecule is Cc1cccc(CNC(=O)CC(=O)NCCN2CCOCC2)c1. The molecule has 2 N–H and O–H groups in total. The lowest BCUT2D eigenvalue weighted by molar-refractivity contribution is -0.129. The fourth-order valence-electron chi connectivity index (χ4n) is 2.47. The minimum Gasteiger partial charge on any atom is -0.379 e. The highest BCUT2D eigenvalue weighted by Gasteiger charge is 2.12. The van der Waals surface area contributed by atoms with Crippen LogP contribution in [0.4, 0.5) is 0 Å². The Morgan fingerprint density at radius 2 is 1.91 bits per heavy atom. The second kappa shape index (κ2) is 9.27. The van der Waals surface area contributed by atoms with Crippen molar-refractivity contribution < 1.29 is 14.3 Å². The summed E-state index contributed by atoms with van der Waals surface area (Å²) < 4.78 is 5.27. The third-order valence-corrected chi connectivity index (χ3v) is 3.75. The second-order valence-electron chi connectivity index (χ2n) is 5.75. The highest BCUT2D eigenvalue weighted by molar-refractivity contribution is 5.96. The number of morpholine rings is 1. The molecule has 0 atom stereocenters. The van der Waals surface area contributed by atoms with Crippen LogP contribution < -0.4 is 10.6 Å². The number of amides is 2. The summed E-state index contributed by atoms with van der Waals surface area (Å²) in [5.41, 5.74) is 2.18. The predicted molar refractivity (Wildman–Crippen MR) is 87.9 cm³/mol. The third kappa shape index (κ3) is 6.80. The molecule has 2 rings (SSSR count). The number of ether oxygens (including phenoxy) is 1. The molecule has 1 heterocycles. The van der Waals surface area contributed by atoms with Gasteiger partial charge in [0.15, 0.2) is 0 Å². The number of hydrogen-bond donors (Lipinski definition) is 2.